The number of hydrogen-bond acceptors (Lipinski definition) is 4. The first-order chi connectivity index (χ1) is 14.0. The summed E-state index contributed by atoms with van der Waals surface area (Å²) in [5.74, 6) is 0.720. The average molecular weight is 457 g/mol. The van der Waals surface area contributed by atoms with Gasteiger partial charge in [0.2, 0.25) is 0 Å². The summed E-state index contributed by atoms with van der Waals surface area (Å²) in [6, 6.07) is 6.26. The topological polar surface area (TPSA) is 32.3 Å². The highest BCUT2D eigenvalue weighted by atomic mass is 33.1. The van der Waals surface area contributed by atoms with Gasteiger partial charge in [-0.15, -0.1) is 6.12 Å². The largest absolute Gasteiger partial charge is 0.682 e. The van der Waals surface area contributed by atoms with Crippen molar-refractivity contribution in [3.63, 3.8) is 0 Å². The number of para-hydroxylation sites is 1. The fourth-order valence-corrected chi connectivity index (χ4v) is 4.71. The smallest absolute Gasteiger partial charge is 0.174 e. The Balaban J connectivity index is 2.55. The van der Waals surface area contributed by atoms with Crippen LogP contribution in [0.4, 0.5) is 0 Å². The first kappa shape index (κ1) is 27.1. The van der Waals surface area contributed by atoms with Gasteiger partial charge in [0.15, 0.2) is 5.75 Å². The number of benzene rings is 1. The second-order valence-electron chi connectivity index (χ2n) is 8.19. The van der Waals surface area contributed by atoms with Crippen molar-refractivity contribution in [1.82, 2.24) is 0 Å². The van der Waals surface area contributed by atoms with E-state index in [9.17, 15) is 4.89 Å². The van der Waals surface area contributed by atoms with Crippen LogP contribution in [0.3, 0.4) is 0 Å². The molecule has 2 nitrogen and oxygen atoms in total. The van der Waals surface area contributed by atoms with E-state index in [1.165, 1.54) is 77.0 Å². The zero-order valence-corrected chi connectivity index (χ0v) is 21.2. The molecule has 0 heterocycles. The van der Waals surface area contributed by atoms with E-state index in [-0.39, 0.29) is 0 Å². The zero-order chi connectivity index (χ0) is 21.4. The van der Waals surface area contributed by atoms with Crippen molar-refractivity contribution in [2.24, 2.45) is 0 Å². The fraction of sp³-hybridized carbons (Fsp3) is 0.750. The van der Waals surface area contributed by atoms with E-state index >= 15 is 0 Å². The van der Waals surface area contributed by atoms with Crippen LogP contribution in [0.1, 0.15) is 115 Å². The molecular formula is C24H41O2PS2-2. The molecule has 0 N–H and O–H groups in total. The van der Waals surface area contributed by atoms with E-state index in [4.69, 9.17) is 29.0 Å². The third-order valence-electron chi connectivity index (χ3n) is 5.48. The maximum Gasteiger partial charge on any atom is 0.174 e. The van der Waals surface area contributed by atoms with Gasteiger partial charge in [0.25, 0.3) is 0 Å². The summed E-state index contributed by atoms with van der Waals surface area (Å²) in [7, 11) is 0. The van der Waals surface area contributed by atoms with Crippen molar-refractivity contribution in [3.05, 3.63) is 29.3 Å². The summed E-state index contributed by atoms with van der Waals surface area (Å²) in [4.78, 5) is 12.0. The van der Waals surface area contributed by atoms with Crippen LogP contribution in [0.25, 0.3) is 0 Å². The molecule has 0 aliphatic rings. The molecule has 0 amide bonds. The quantitative estimate of drug-likeness (QED) is 0.128. The predicted molar refractivity (Wildman–Crippen MR) is 132 cm³/mol. The van der Waals surface area contributed by atoms with Crippen LogP contribution in [-0.2, 0) is 37.3 Å². The van der Waals surface area contributed by atoms with Crippen molar-refractivity contribution < 1.29 is 9.42 Å². The lowest BCUT2D eigenvalue weighted by atomic mass is 9.98. The SMILES string of the molecule is CCCCCCCCCc1cccc(CCCCCCCCC)c1O[P+]([O-])([S-])[S-]. The molecule has 29 heavy (non-hydrogen) atoms. The summed E-state index contributed by atoms with van der Waals surface area (Å²) >= 11 is 9.85. The standard InChI is InChI=1S/C24H43O2PS2/c1-3-5-7-9-11-13-15-18-22-20-17-21-23(24(22)26-27(25,28)29)19-16-14-12-10-8-6-4-2/h17,20-21H,3-16,18-19H2,1-2H3,(H2,25,28,29)/p-2. The molecule has 1 rings (SSSR count). The van der Waals surface area contributed by atoms with Gasteiger partial charge in [0.1, 0.15) is 0 Å². The maximum absolute atomic E-state index is 12.0. The van der Waals surface area contributed by atoms with Gasteiger partial charge in [-0.25, -0.2) is 0 Å². The van der Waals surface area contributed by atoms with Gasteiger partial charge < -0.3 is 33.9 Å². The van der Waals surface area contributed by atoms with Gasteiger partial charge in [-0.3, -0.25) is 0 Å². The molecule has 0 unspecified atom stereocenters. The molecule has 0 aliphatic carbocycles. The molecule has 0 bridgehead atoms. The van der Waals surface area contributed by atoms with Crippen LogP contribution < -0.4 is 9.42 Å². The molecule has 0 aromatic heterocycles. The van der Waals surface area contributed by atoms with E-state index < -0.39 is 6.12 Å². The van der Waals surface area contributed by atoms with Crippen molar-refractivity contribution in [3.8, 4) is 5.75 Å². The highest BCUT2D eigenvalue weighted by molar-refractivity contribution is 8.69. The molecule has 0 radical (unpaired) electrons. The van der Waals surface area contributed by atoms with Crippen LogP contribution in [0, 0.1) is 0 Å². The maximum atomic E-state index is 12.0. The normalized spacial score (nSPS) is 11.8. The van der Waals surface area contributed by atoms with Crippen molar-refractivity contribution in [2.75, 3.05) is 0 Å². The van der Waals surface area contributed by atoms with E-state index in [0.717, 1.165) is 42.6 Å². The predicted octanol–water partition coefficient (Wildman–Crippen LogP) is 7.78. The van der Waals surface area contributed by atoms with Crippen LogP contribution in [0.2, 0.25) is 0 Å². The van der Waals surface area contributed by atoms with Gasteiger partial charge in [-0.2, -0.15) is 0 Å². The highest BCUT2D eigenvalue weighted by Gasteiger charge is 2.13. The monoisotopic (exact) mass is 456 g/mol. The van der Waals surface area contributed by atoms with Crippen molar-refractivity contribution in [1.29, 1.82) is 0 Å². The summed E-state index contributed by atoms with van der Waals surface area (Å²) < 4.78 is 5.67. The summed E-state index contributed by atoms with van der Waals surface area (Å²) in [6.45, 7) is 4.50. The molecule has 5 heteroatoms. The Bertz CT molecular complexity index is 496. The minimum absolute atomic E-state index is 0.720. The number of hydrogen-bond donors (Lipinski definition) is 0. The molecule has 0 saturated heterocycles. The molecule has 1 aromatic carbocycles. The molecule has 168 valence electrons. The third kappa shape index (κ3) is 13.9. The second-order valence-corrected chi connectivity index (χ2v) is 12.8. The van der Waals surface area contributed by atoms with E-state index in [0.29, 0.717) is 0 Å². The van der Waals surface area contributed by atoms with Crippen LogP contribution in [-0.4, -0.2) is 0 Å². The first-order valence-corrected chi connectivity index (χ1v) is 15.5. The Morgan fingerprint density at radius 2 is 1.07 bits per heavy atom. The highest BCUT2D eigenvalue weighted by Crippen LogP contribution is 2.48. The lowest BCUT2D eigenvalue weighted by molar-refractivity contribution is -0.169. The second kappa shape index (κ2) is 16.8. The van der Waals surface area contributed by atoms with E-state index in [2.05, 4.69) is 32.0 Å². The van der Waals surface area contributed by atoms with Crippen LogP contribution in [0.15, 0.2) is 18.2 Å². The van der Waals surface area contributed by atoms with Gasteiger partial charge in [0.05, 0.1) is 0 Å². The van der Waals surface area contributed by atoms with E-state index in [1.54, 1.807) is 0 Å². The third-order valence-corrected chi connectivity index (χ3v) is 6.33. The minimum atomic E-state index is -3.39. The number of unbranched alkanes of at least 4 members (excludes halogenated alkanes) is 12. The van der Waals surface area contributed by atoms with Crippen LogP contribution >= 0.6 is 6.12 Å². The van der Waals surface area contributed by atoms with Gasteiger partial charge in [-0.05, 0) is 36.8 Å². The number of rotatable bonds is 18. The zero-order valence-electron chi connectivity index (χ0n) is 18.6. The molecular weight excluding hydrogens is 415 g/mol. The fourth-order valence-electron chi connectivity index (χ4n) is 3.81. The lowest BCUT2D eigenvalue weighted by Crippen LogP contribution is -2.12. The average Bonchev–Trinajstić information content (AvgIpc) is 2.67. The van der Waals surface area contributed by atoms with E-state index in [1.807, 2.05) is 0 Å². The summed E-state index contributed by atoms with van der Waals surface area (Å²) in [5.41, 5.74) is 2.24. The molecule has 0 atom stereocenters. The van der Waals surface area contributed by atoms with Crippen molar-refractivity contribution >= 4 is 30.6 Å². The molecule has 1 aromatic rings. The minimum Gasteiger partial charge on any atom is -0.682 e. The summed E-state index contributed by atoms with van der Waals surface area (Å²) in [6.07, 6.45) is 16.4. The molecule has 0 spiro atoms. The van der Waals surface area contributed by atoms with Gasteiger partial charge in [0, 0.05) is 0 Å². The Hall–Kier alpha value is 0.110. The van der Waals surface area contributed by atoms with Gasteiger partial charge >= 0.3 is 0 Å². The van der Waals surface area contributed by atoms with Gasteiger partial charge in [-0.1, -0.05) is 109 Å². The van der Waals surface area contributed by atoms with Crippen molar-refractivity contribution in [2.45, 2.75) is 117 Å². The lowest BCUT2D eigenvalue weighted by Gasteiger charge is -2.43. The Labute approximate surface area is 191 Å². The molecule has 0 fully saturated rings. The Morgan fingerprint density at radius 3 is 1.45 bits per heavy atom. The Kier molecular flexibility index (Phi) is 15.7. The molecule has 0 aliphatic heterocycles. The number of aryl methyl sites for hydroxylation is 2. The Morgan fingerprint density at radius 1 is 0.690 bits per heavy atom. The summed E-state index contributed by atoms with van der Waals surface area (Å²) in [5, 5.41) is 0. The van der Waals surface area contributed by atoms with Crippen LogP contribution in [0.5, 0.6) is 5.75 Å². The first-order valence-electron chi connectivity index (χ1n) is 11.8. The molecule has 0 saturated carbocycles.